The molecule has 7 heteroatoms. The highest BCUT2D eigenvalue weighted by molar-refractivity contribution is 5.99. The Balaban J connectivity index is 2.39. The number of carbonyl (C=O) groups excluding carboxylic acids is 1. The fourth-order valence-electron chi connectivity index (χ4n) is 4.28. The first kappa shape index (κ1) is 28.8. The van der Waals surface area contributed by atoms with Crippen molar-refractivity contribution in [1.82, 2.24) is 0 Å². The maximum Gasteiger partial charge on any atom is 0.311 e. The van der Waals surface area contributed by atoms with E-state index >= 15 is 0 Å². The van der Waals surface area contributed by atoms with Gasteiger partial charge in [0.15, 0.2) is 0 Å². The molecule has 1 heterocycles. The Kier molecular flexibility index (Phi) is 9.15. The lowest BCUT2D eigenvalue weighted by molar-refractivity contribution is -0.135. The minimum absolute atomic E-state index is 0.126. The summed E-state index contributed by atoms with van der Waals surface area (Å²) in [6, 6.07) is 3.21. The van der Waals surface area contributed by atoms with Crippen molar-refractivity contribution < 1.29 is 24.1 Å². The number of aliphatic hydroxyl groups excluding tert-OH is 1. The SMILES string of the molecule is COC1=N[C@H](C(C)C)C(CO)=N[C@H]1[C@@H](C)CC(=O)Oc1c(C(C)(C)C)cc(OC)cc1C(C)(C)C. The average Bonchev–Trinajstić information content (AvgIpc) is 2.76. The number of hydrogen-bond donors (Lipinski definition) is 1. The molecule has 0 aliphatic carbocycles. The van der Waals surface area contributed by atoms with Crippen LogP contribution in [0, 0.1) is 11.8 Å². The summed E-state index contributed by atoms with van der Waals surface area (Å²) in [5.41, 5.74) is 1.92. The van der Waals surface area contributed by atoms with Gasteiger partial charge in [-0.2, -0.15) is 0 Å². The molecule has 1 aromatic carbocycles. The molecular weight excluding hydrogens is 444 g/mol. The van der Waals surface area contributed by atoms with Crippen molar-refractivity contribution >= 4 is 17.6 Å². The molecule has 3 atom stereocenters. The van der Waals surface area contributed by atoms with Crippen LogP contribution in [0.1, 0.15) is 79.9 Å². The van der Waals surface area contributed by atoms with E-state index in [1.165, 1.54) is 0 Å². The molecule has 0 saturated carbocycles. The van der Waals surface area contributed by atoms with Crippen LogP contribution in [0.25, 0.3) is 0 Å². The Labute approximate surface area is 211 Å². The third kappa shape index (κ3) is 6.84. The molecule has 196 valence electrons. The minimum Gasteiger partial charge on any atom is -0.497 e. The molecule has 0 radical (unpaired) electrons. The molecule has 1 N–H and O–H groups in total. The molecule has 0 amide bonds. The van der Waals surface area contributed by atoms with Crippen LogP contribution in [0.5, 0.6) is 11.5 Å². The predicted octanol–water partition coefficient (Wildman–Crippen LogP) is 5.11. The predicted molar refractivity (Wildman–Crippen MR) is 141 cm³/mol. The second-order valence-electron chi connectivity index (χ2n) is 11.8. The van der Waals surface area contributed by atoms with E-state index in [1.54, 1.807) is 14.2 Å². The number of benzene rings is 1. The molecule has 0 bridgehead atoms. The van der Waals surface area contributed by atoms with Crippen LogP contribution in [-0.4, -0.2) is 55.6 Å². The van der Waals surface area contributed by atoms with Crippen LogP contribution in [0.4, 0.5) is 0 Å². The van der Waals surface area contributed by atoms with E-state index in [4.69, 9.17) is 24.2 Å². The summed E-state index contributed by atoms with van der Waals surface area (Å²) in [6.07, 6.45) is 0.126. The van der Waals surface area contributed by atoms with Gasteiger partial charge in [0.05, 0.1) is 39.0 Å². The molecule has 0 aromatic heterocycles. The number of ether oxygens (including phenoxy) is 3. The fraction of sp³-hybridized carbons (Fsp3) is 0.679. The first-order chi connectivity index (χ1) is 16.1. The molecule has 1 aromatic rings. The highest BCUT2D eigenvalue weighted by Gasteiger charge is 2.35. The van der Waals surface area contributed by atoms with Gasteiger partial charge >= 0.3 is 5.97 Å². The Morgan fingerprint density at radius 2 is 1.49 bits per heavy atom. The van der Waals surface area contributed by atoms with Gasteiger partial charge < -0.3 is 19.3 Å². The molecule has 35 heavy (non-hydrogen) atoms. The lowest BCUT2D eigenvalue weighted by Gasteiger charge is -2.31. The summed E-state index contributed by atoms with van der Waals surface area (Å²) in [5.74, 6) is 1.41. The van der Waals surface area contributed by atoms with Crippen molar-refractivity contribution in [2.75, 3.05) is 20.8 Å². The van der Waals surface area contributed by atoms with E-state index in [2.05, 4.69) is 41.5 Å². The first-order valence-electron chi connectivity index (χ1n) is 12.4. The van der Waals surface area contributed by atoms with Crippen LogP contribution in [0.2, 0.25) is 0 Å². The van der Waals surface area contributed by atoms with Crippen molar-refractivity contribution in [3.05, 3.63) is 23.3 Å². The number of carbonyl (C=O) groups is 1. The molecule has 0 spiro atoms. The van der Waals surface area contributed by atoms with E-state index in [9.17, 15) is 9.90 Å². The smallest absolute Gasteiger partial charge is 0.311 e. The van der Waals surface area contributed by atoms with Crippen molar-refractivity contribution in [1.29, 1.82) is 0 Å². The lowest BCUT2D eigenvalue weighted by atomic mass is 9.79. The van der Waals surface area contributed by atoms with E-state index in [1.807, 2.05) is 32.9 Å². The number of nitrogens with zero attached hydrogens (tertiary/aromatic N) is 2. The van der Waals surface area contributed by atoms with Gasteiger partial charge in [0.25, 0.3) is 0 Å². The number of hydrogen-bond acceptors (Lipinski definition) is 7. The maximum absolute atomic E-state index is 13.3. The van der Waals surface area contributed by atoms with Crippen LogP contribution in [-0.2, 0) is 20.4 Å². The summed E-state index contributed by atoms with van der Waals surface area (Å²) in [6.45, 7) is 18.4. The zero-order valence-corrected chi connectivity index (χ0v) is 23.4. The molecule has 1 aliphatic heterocycles. The molecule has 0 unspecified atom stereocenters. The van der Waals surface area contributed by atoms with E-state index in [0.29, 0.717) is 17.4 Å². The number of rotatable bonds is 7. The zero-order valence-electron chi connectivity index (χ0n) is 23.4. The van der Waals surface area contributed by atoms with Gasteiger partial charge in [0.2, 0.25) is 5.90 Å². The summed E-state index contributed by atoms with van der Waals surface area (Å²) >= 11 is 0. The van der Waals surface area contributed by atoms with E-state index < -0.39 is 6.04 Å². The van der Waals surface area contributed by atoms with Crippen molar-refractivity contribution in [2.24, 2.45) is 21.8 Å². The van der Waals surface area contributed by atoms with Gasteiger partial charge in [0, 0.05) is 11.1 Å². The van der Waals surface area contributed by atoms with Crippen molar-refractivity contribution in [3.8, 4) is 11.5 Å². The van der Waals surface area contributed by atoms with Gasteiger partial charge in [-0.15, -0.1) is 0 Å². The minimum atomic E-state index is -0.454. The lowest BCUT2D eigenvalue weighted by Crippen LogP contribution is -2.41. The van der Waals surface area contributed by atoms with Crippen LogP contribution in [0.15, 0.2) is 22.1 Å². The van der Waals surface area contributed by atoms with Gasteiger partial charge in [0.1, 0.15) is 17.5 Å². The third-order valence-electron chi connectivity index (χ3n) is 6.33. The second kappa shape index (κ2) is 11.1. The van der Waals surface area contributed by atoms with Gasteiger partial charge in [-0.1, -0.05) is 62.3 Å². The summed E-state index contributed by atoms with van der Waals surface area (Å²) in [5, 5.41) is 9.86. The van der Waals surface area contributed by atoms with Crippen molar-refractivity contribution in [3.63, 3.8) is 0 Å². The quantitative estimate of drug-likeness (QED) is 0.426. The molecular formula is C28H44N2O5. The Morgan fingerprint density at radius 3 is 1.89 bits per heavy atom. The molecule has 0 fully saturated rings. The Bertz CT molecular complexity index is 932. The molecule has 7 nitrogen and oxygen atoms in total. The van der Waals surface area contributed by atoms with Crippen LogP contribution < -0.4 is 9.47 Å². The maximum atomic E-state index is 13.3. The van der Waals surface area contributed by atoms with E-state index in [-0.39, 0.29) is 47.7 Å². The monoisotopic (exact) mass is 488 g/mol. The van der Waals surface area contributed by atoms with Crippen LogP contribution >= 0.6 is 0 Å². The standard InChI is InChI=1S/C28H44N2O5/c1-16(2)23-21(15-31)29-24(26(30-23)34-11)17(3)12-22(32)35-25-19(27(4,5)6)13-18(33-10)14-20(25)28(7,8)9/h13-14,16-17,23-24,31H,12,15H2,1-11H3/t17-,23+,24-/m0/s1. The summed E-state index contributed by atoms with van der Waals surface area (Å²) in [7, 11) is 3.21. The number of aliphatic hydroxyl groups is 1. The van der Waals surface area contributed by atoms with E-state index in [0.717, 1.165) is 16.9 Å². The number of esters is 1. The largest absolute Gasteiger partial charge is 0.497 e. The number of aliphatic imine (C=N–C) groups is 2. The van der Waals surface area contributed by atoms with Crippen LogP contribution in [0.3, 0.4) is 0 Å². The molecule has 1 aliphatic rings. The van der Waals surface area contributed by atoms with Gasteiger partial charge in [-0.25, -0.2) is 4.99 Å². The normalized spacial score (nSPS) is 19.7. The summed E-state index contributed by atoms with van der Waals surface area (Å²) in [4.78, 5) is 22.7. The van der Waals surface area contributed by atoms with Crippen molar-refractivity contribution in [2.45, 2.75) is 91.6 Å². The van der Waals surface area contributed by atoms with Gasteiger partial charge in [-0.3, -0.25) is 9.79 Å². The highest BCUT2D eigenvalue weighted by atomic mass is 16.5. The molecule has 2 rings (SSSR count). The zero-order chi connectivity index (χ0) is 26.7. The number of methoxy groups -OCH3 is 2. The third-order valence-corrected chi connectivity index (χ3v) is 6.33. The molecule has 0 saturated heterocycles. The summed E-state index contributed by atoms with van der Waals surface area (Å²) < 4.78 is 17.2. The Hall–Kier alpha value is -2.41. The average molecular weight is 489 g/mol. The second-order valence-corrected chi connectivity index (χ2v) is 11.8. The Morgan fingerprint density at radius 1 is 0.943 bits per heavy atom. The van der Waals surface area contributed by atoms with Gasteiger partial charge in [-0.05, 0) is 34.8 Å². The topological polar surface area (TPSA) is 89.7 Å². The first-order valence-corrected chi connectivity index (χ1v) is 12.4. The highest BCUT2D eigenvalue weighted by Crippen LogP contribution is 2.43. The fourth-order valence-corrected chi connectivity index (χ4v) is 4.28.